The van der Waals surface area contributed by atoms with Crippen molar-refractivity contribution in [3.8, 4) is 0 Å². The predicted octanol–water partition coefficient (Wildman–Crippen LogP) is 1.07. The summed E-state index contributed by atoms with van der Waals surface area (Å²) in [5.41, 5.74) is 1.93. The van der Waals surface area contributed by atoms with Gasteiger partial charge in [-0.3, -0.25) is 4.90 Å². The summed E-state index contributed by atoms with van der Waals surface area (Å²) >= 11 is 0. The van der Waals surface area contributed by atoms with Crippen LogP contribution in [-0.4, -0.2) is 36.2 Å². The quantitative estimate of drug-likeness (QED) is 0.818. The van der Waals surface area contributed by atoms with Gasteiger partial charge in [-0.15, -0.1) is 0 Å². The lowest BCUT2D eigenvalue weighted by Gasteiger charge is -2.27. The van der Waals surface area contributed by atoms with E-state index >= 15 is 0 Å². The van der Waals surface area contributed by atoms with Gasteiger partial charge in [0.15, 0.2) is 0 Å². The molecule has 0 radical (unpaired) electrons. The zero-order valence-corrected chi connectivity index (χ0v) is 10.2. The lowest BCUT2D eigenvalue weighted by atomic mass is 10.0. The summed E-state index contributed by atoms with van der Waals surface area (Å²) < 4.78 is 0. The maximum atomic E-state index is 10.1. The number of hydrogen-bond acceptors (Lipinski definition) is 3. The van der Waals surface area contributed by atoms with Crippen molar-refractivity contribution in [3.63, 3.8) is 0 Å². The summed E-state index contributed by atoms with van der Waals surface area (Å²) in [7, 11) is 0. The molecule has 17 heavy (non-hydrogen) atoms. The van der Waals surface area contributed by atoms with Gasteiger partial charge in [-0.1, -0.05) is 24.3 Å². The molecule has 1 saturated heterocycles. The minimum absolute atomic E-state index is 0.501. The Balaban J connectivity index is 1.70. The van der Waals surface area contributed by atoms with Gasteiger partial charge >= 0.3 is 0 Å². The lowest BCUT2D eigenvalue weighted by Crippen LogP contribution is -2.42. The van der Waals surface area contributed by atoms with Crippen molar-refractivity contribution in [2.24, 2.45) is 0 Å². The molecule has 2 N–H and O–H groups in total. The SMILES string of the molecule is OC1(c2cccc(CN3CCNCC3)c2)CC1. The van der Waals surface area contributed by atoms with Crippen LogP contribution in [0.5, 0.6) is 0 Å². The summed E-state index contributed by atoms with van der Waals surface area (Å²) in [4.78, 5) is 2.46. The van der Waals surface area contributed by atoms with Crippen LogP contribution in [0.1, 0.15) is 24.0 Å². The second-order valence-electron chi connectivity index (χ2n) is 5.26. The Morgan fingerprint density at radius 1 is 1.24 bits per heavy atom. The van der Waals surface area contributed by atoms with E-state index in [0.29, 0.717) is 0 Å². The minimum atomic E-state index is -0.501. The van der Waals surface area contributed by atoms with Gasteiger partial charge in [0.25, 0.3) is 0 Å². The highest BCUT2D eigenvalue weighted by molar-refractivity contribution is 5.31. The molecule has 3 rings (SSSR count). The molecule has 3 heteroatoms. The minimum Gasteiger partial charge on any atom is -0.385 e. The molecule has 0 bridgehead atoms. The second-order valence-corrected chi connectivity index (χ2v) is 5.26. The first-order valence-corrected chi connectivity index (χ1v) is 6.51. The lowest BCUT2D eigenvalue weighted by molar-refractivity contribution is 0.151. The van der Waals surface area contributed by atoms with E-state index < -0.39 is 5.60 Å². The third kappa shape index (κ3) is 2.51. The molecule has 1 aromatic rings. The van der Waals surface area contributed by atoms with E-state index in [1.807, 2.05) is 6.07 Å². The topological polar surface area (TPSA) is 35.5 Å². The summed E-state index contributed by atoms with van der Waals surface area (Å²) in [6, 6.07) is 8.46. The van der Waals surface area contributed by atoms with Gasteiger partial charge in [0, 0.05) is 32.7 Å². The normalized spacial score (nSPS) is 23.6. The summed E-state index contributed by atoms with van der Waals surface area (Å²) in [5, 5.41) is 13.5. The van der Waals surface area contributed by atoms with Crippen molar-refractivity contribution >= 4 is 0 Å². The molecule has 1 aromatic carbocycles. The molecular formula is C14H20N2O. The Bertz CT molecular complexity index is 395. The molecule has 0 spiro atoms. The summed E-state index contributed by atoms with van der Waals surface area (Å²) in [6.45, 7) is 5.42. The Hall–Kier alpha value is -0.900. The van der Waals surface area contributed by atoms with Gasteiger partial charge < -0.3 is 10.4 Å². The molecule has 0 aromatic heterocycles. The average molecular weight is 232 g/mol. The first kappa shape index (κ1) is 11.2. The Kier molecular flexibility index (Phi) is 2.90. The van der Waals surface area contributed by atoms with Crippen molar-refractivity contribution in [2.45, 2.75) is 25.0 Å². The van der Waals surface area contributed by atoms with E-state index in [-0.39, 0.29) is 0 Å². The average Bonchev–Trinajstić information content (AvgIpc) is 3.11. The number of nitrogens with zero attached hydrogens (tertiary/aromatic N) is 1. The Morgan fingerprint density at radius 3 is 2.71 bits per heavy atom. The first-order valence-electron chi connectivity index (χ1n) is 6.51. The number of piperazine rings is 1. The highest BCUT2D eigenvalue weighted by Crippen LogP contribution is 2.45. The van der Waals surface area contributed by atoms with Gasteiger partial charge in [0.1, 0.15) is 0 Å². The van der Waals surface area contributed by atoms with Crippen molar-refractivity contribution in [2.75, 3.05) is 26.2 Å². The van der Waals surface area contributed by atoms with Gasteiger partial charge in [-0.2, -0.15) is 0 Å². The van der Waals surface area contributed by atoms with Crippen LogP contribution < -0.4 is 5.32 Å². The standard InChI is InChI=1S/C14H20N2O/c17-14(4-5-14)13-3-1-2-12(10-13)11-16-8-6-15-7-9-16/h1-3,10,15,17H,4-9,11H2. The number of benzene rings is 1. The van der Waals surface area contributed by atoms with Crippen LogP contribution in [0.15, 0.2) is 24.3 Å². The maximum absolute atomic E-state index is 10.1. The van der Waals surface area contributed by atoms with E-state index in [1.54, 1.807) is 0 Å². The molecular weight excluding hydrogens is 212 g/mol. The van der Waals surface area contributed by atoms with Gasteiger partial charge in [-0.25, -0.2) is 0 Å². The molecule has 0 amide bonds. The third-order valence-electron chi connectivity index (χ3n) is 3.80. The van der Waals surface area contributed by atoms with E-state index in [9.17, 15) is 5.11 Å². The predicted molar refractivity (Wildman–Crippen MR) is 67.7 cm³/mol. The van der Waals surface area contributed by atoms with Gasteiger partial charge in [0.2, 0.25) is 0 Å². The zero-order chi connectivity index (χ0) is 11.7. The van der Waals surface area contributed by atoms with Crippen LogP contribution in [-0.2, 0) is 12.1 Å². The van der Waals surface area contributed by atoms with Crippen LogP contribution in [0.4, 0.5) is 0 Å². The van der Waals surface area contributed by atoms with Crippen molar-refractivity contribution in [3.05, 3.63) is 35.4 Å². The number of aliphatic hydroxyl groups is 1. The maximum Gasteiger partial charge on any atom is 0.0899 e. The fraction of sp³-hybridized carbons (Fsp3) is 0.571. The molecule has 1 aliphatic carbocycles. The first-order chi connectivity index (χ1) is 8.26. The highest BCUT2D eigenvalue weighted by atomic mass is 16.3. The summed E-state index contributed by atoms with van der Waals surface area (Å²) in [5.74, 6) is 0. The van der Waals surface area contributed by atoms with Gasteiger partial charge in [-0.05, 0) is 24.0 Å². The van der Waals surface area contributed by atoms with Crippen LogP contribution in [0.2, 0.25) is 0 Å². The highest BCUT2D eigenvalue weighted by Gasteiger charge is 2.42. The van der Waals surface area contributed by atoms with Crippen molar-refractivity contribution in [1.29, 1.82) is 0 Å². The molecule has 92 valence electrons. The van der Waals surface area contributed by atoms with Crippen molar-refractivity contribution in [1.82, 2.24) is 10.2 Å². The molecule has 1 aliphatic heterocycles. The molecule has 2 aliphatic rings. The van der Waals surface area contributed by atoms with Gasteiger partial charge in [0.05, 0.1) is 5.60 Å². The van der Waals surface area contributed by atoms with E-state index in [2.05, 4.69) is 28.4 Å². The Morgan fingerprint density at radius 2 is 2.00 bits per heavy atom. The van der Waals surface area contributed by atoms with Crippen LogP contribution >= 0.6 is 0 Å². The fourth-order valence-electron chi connectivity index (χ4n) is 2.49. The summed E-state index contributed by atoms with van der Waals surface area (Å²) in [6.07, 6.45) is 1.84. The number of rotatable bonds is 3. The second kappa shape index (κ2) is 4.41. The third-order valence-corrected chi connectivity index (χ3v) is 3.80. The van der Waals surface area contributed by atoms with Crippen LogP contribution in [0.3, 0.4) is 0 Å². The van der Waals surface area contributed by atoms with E-state index in [0.717, 1.165) is 51.1 Å². The van der Waals surface area contributed by atoms with Crippen LogP contribution in [0.25, 0.3) is 0 Å². The zero-order valence-electron chi connectivity index (χ0n) is 10.2. The molecule has 3 nitrogen and oxygen atoms in total. The molecule has 1 heterocycles. The van der Waals surface area contributed by atoms with Crippen LogP contribution in [0, 0.1) is 0 Å². The van der Waals surface area contributed by atoms with Crippen molar-refractivity contribution < 1.29 is 5.11 Å². The Labute approximate surface area is 102 Å². The largest absolute Gasteiger partial charge is 0.385 e. The smallest absolute Gasteiger partial charge is 0.0899 e. The monoisotopic (exact) mass is 232 g/mol. The number of nitrogens with one attached hydrogen (secondary N) is 1. The molecule has 0 unspecified atom stereocenters. The van der Waals surface area contributed by atoms with E-state index in [4.69, 9.17) is 0 Å². The molecule has 1 saturated carbocycles. The number of hydrogen-bond donors (Lipinski definition) is 2. The fourth-order valence-corrected chi connectivity index (χ4v) is 2.49. The van der Waals surface area contributed by atoms with E-state index in [1.165, 1.54) is 5.56 Å². The molecule has 2 fully saturated rings. The molecule has 0 atom stereocenters.